The Labute approximate surface area is 161 Å². The Morgan fingerprint density at radius 1 is 1.23 bits per heavy atom. The quantitative estimate of drug-likeness (QED) is 0.386. The van der Waals surface area contributed by atoms with Gasteiger partial charge in [0.1, 0.15) is 4.83 Å². The van der Waals surface area contributed by atoms with E-state index in [0.29, 0.717) is 11.6 Å². The molecule has 2 heterocycles. The second kappa shape index (κ2) is 7.94. The van der Waals surface area contributed by atoms with Crippen LogP contribution in [0.15, 0.2) is 28.2 Å². The molecule has 0 saturated heterocycles. The molecule has 0 fully saturated rings. The van der Waals surface area contributed by atoms with Crippen molar-refractivity contribution in [3.05, 3.63) is 50.1 Å². The highest BCUT2D eigenvalue weighted by atomic mass is 32.2. The van der Waals surface area contributed by atoms with Gasteiger partial charge in [0.15, 0.2) is 5.16 Å². The van der Waals surface area contributed by atoms with Gasteiger partial charge >= 0.3 is 0 Å². The second-order valence-electron chi connectivity index (χ2n) is 6.40. The number of hydrogen-bond acceptors (Lipinski definition) is 5. The van der Waals surface area contributed by atoms with Crippen LogP contribution in [0.2, 0.25) is 0 Å². The molecule has 0 amide bonds. The van der Waals surface area contributed by atoms with Gasteiger partial charge in [-0.1, -0.05) is 24.8 Å². The summed E-state index contributed by atoms with van der Waals surface area (Å²) >= 11 is 3.12. The molecule has 138 valence electrons. The molecule has 3 aromatic rings. The normalized spacial score (nSPS) is 11.4. The molecule has 4 nitrogen and oxygen atoms in total. The van der Waals surface area contributed by atoms with E-state index in [1.165, 1.54) is 17.3 Å². The predicted octanol–water partition coefficient (Wildman–Crippen LogP) is 4.41. The maximum absolute atomic E-state index is 13.4. The highest BCUT2D eigenvalue weighted by Gasteiger charge is 2.19. The molecule has 2 aromatic heterocycles. The first-order valence-corrected chi connectivity index (χ1v) is 10.6. The maximum Gasteiger partial charge on any atom is 0.267 e. The first kappa shape index (κ1) is 19.1. The van der Waals surface area contributed by atoms with Gasteiger partial charge in [-0.2, -0.15) is 0 Å². The van der Waals surface area contributed by atoms with E-state index in [1.807, 2.05) is 18.2 Å². The zero-order valence-electron chi connectivity index (χ0n) is 15.6. The molecule has 0 radical (unpaired) electrons. The summed E-state index contributed by atoms with van der Waals surface area (Å²) in [4.78, 5) is 20.2. The Hall–Kier alpha value is -1.63. The number of aliphatic hydroxyl groups excluding tert-OH is 1. The van der Waals surface area contributed by atoms with Gasteiger partial charge < -0.3 is 5.11 Å². The van der Waals surface area contributed by atoms with Crippen LogP contribution in [-0.4, -0.2) is 27.0 Å². The molecule has 6 heteroatoms. The minimum absolute atomic E-state index is 0.00551. The Balaban J connectivity index is 2.28. The molecule has 0 aliphatic heterocycles. The van der Waals surface area contributed by atoms with Crippen molar-refractivity contribution in [2.45, 2.75) is 45.7 Å². The fourth-order valence-electron chi connectivity index (χ4n) is 3.04. The molecule has 0 aliphatic rings. The van der Waals surface area contributed by atoms with Crippen molar-refractivity contribution >= 4 is 33.3 Å². The molecule has 26 heavy (non-hydrogen) atoms. The summed E-state index contributed by atoms with van der Waals surface area (Å²) in [5.74, 6) is 0.726. The molecular formula is C20H24N2O2S2. The molecule has 0 saturated carbocycles. The number of nitrogens with zero attached hydrogens (tertiary/aromatic N) is 2. The maximum atomic E-state index is 13.4. The van der Waals surface area contributed by atoms with E-state index in [4.69, 9.17) is 10.1 Å². The summed E-state index contributed by atoms with van der Waals surface area (Å²) in [6, 6.07) is 6.08. The van der Waals surface area contributed by atoms with Crippen LogP contribution in [-0.2, 0) is 6.42 Å². The number of aromatic nitrogens is 2. The predicted molar refractivity (Wildman–Crippen MR) is 111 cm³/mol. The van der Waals surface area contributed by atoms with E-state index in [1.54, 1.807) is 15.9 Å². The minimum atomic E-state index is 0.00551. The SMILES string of the molecule is CCc1c(C)sc2nc(SCCCO)n(-c3ccc(C)c(C)c3)c(=O)c12. The van der Waals surface area contributed by atoms with E-state index in [0.717, 1.165) is 44.1 Å². The summed E-state index contributed by atoms with van der Waals surface area (Å²) in [5.41, 5.74) is 4.31. The van der Waals surface area contributed by atoms with Gasteiger partial charge in [0.05, 0.1) is 11.1 Å². The standard InChI is InChI=1S/C20H24N2O2S2/c1-5-16-14(4)26-18-17(16)19(24)22(20(21-18)25-10-6-9-23)15-8-7-12(2)13(3)11-15/h7-8,11,23H,5-6,9-10H2,1-4H3. The van der Waals surface area contributed by atoms with Gasteiger partial charge in [0, 0.05) is 17.2 Å². The Bertz CT molecular complexity index is 1010. The molecule has 0 unspecified atom stereocenters. The van der Waals surface area contributed by atoms with E-state index in [2.05, 4.69) is 27.7 Å². The Morgan fingerprint density at radius 3 is 2.65 bits per heavy atom. The zero-order valence-corrected chi connectivity index (χ0v) is 17.3. The van der Waals surface area contributed by atoms with Crippen molar-refractivity contribution in [2.24, 2.45) is 0 Å². The van der Waals surface area contributed by atoms with Crippen LogP contribution in [0.25, 0.3) is 15.9 Å². The van der Waals surface area contributed by atoms with E-state index < -0.39 is 0 Å². The van der Waals surface area contributed by atoms with Crippen LogP contribution in [0, 0.1) is 20.8 Å². The number of fused-ring (bicyclic) bond motifs is 1. The monoisotopic (exact) mass is 388 g/mol. The molecule has 3 rings (SSSR count). The van der Waals surface area contributed by atoms with Crippen molar-refractivity contribution in [1.82, 2.24) is 9.55 Å². The van der Waals surface area contributed by atoms with Gasteiger partial charge in [-0.05, 0) is 62.4 Å². The molecule has 0 spiro atoms. The molecular weight excluding hydrogens is 364 g/mol. The lowest BCUT2D eigenvalue weighted by Crippen LogP contribution is -2.22. The van der Waals surface area contributed by atoms with Crippen LogP contribution < -0.4 is 5.56 Å². The number of hydrogen-bond donors (Lipinski definition) is 1. The smallest absolute Gasteiger partial charge is 0.267 e. The number of thioether (sulfide) groups is 1. The first-order valence-electron chi connectivity index (χ1n) is 8.84. The van der Waals surface area contributed by atoms with Crippen molar-refractivity contribution < 1.29 is 5.11 Å². The topological polar surface area (TPSA) is 55.1 Å². The lowest BCUT2D eigenvalue weighted by Gasteiger charge is -2.13. The van der Waals surface area contributed by atoms with Crippen molar-refractivity contribution in [1.29, 1.82) is 0 Å². The van der Waals surface area contributed by atoms with Gasteiger partial charge in [-0.15, -0.1) is 11.3 Å². The first-order chi connectivity index (χ1) is 12.5. The zero-order chi connectivity index (χ0) is 18.8. The van der Waals surface area contributed by atoms with Gasteiger partial charge in [0.2, 0.25) is 0 Å². The van der Waals surface area contributed by atoms with Crippen LogP contribution in [0.3, 0.4) is 0 Å². The Morgan fingerprint density at radius 2 is 2.00 bits per heavy atom. The fraction of sp³-hybridized carbons (Fsp3) is 0.400. The third kappa shape index (κ3) is 3.46. The third-order valence-electron chi connectivity index (χ3n) is 4.63. The molecule has 1 aromatic carbocycles. The average Bonchev–Trinajstić information content (AvgIpc) is 2.93. The van der Waals surface area contributed by atoms with Crippen molar-refractivity contribution in [3.63, 3.8) is 0 Å². The summed E-state index contributed by atoms with van der Waals surface area (Å²) < 4.78 is 1.74. The molecule has 0 bridgehead atoms. The average molecular weight is 389 g/mol. The lowest BCUT2D eigenvalue weighted by molar-refractivity contribution is 0.296. The summed E-state index contributed by atoms with van der Waals surface area (Å²) in [5, 5.41) is 10.5. The van der Waals surface area contributed by atoms with E-state index >= 15 is 0 Å². The van der Waals surface area contributed by atoms with Crippen LogP contribution in [0.4, 0.5) is 0 Å². The minimum Gasteiger partial charge on any atom is -0.396 e. The van der Waals surface area contributed by atoms with Crippen molar-refractivity contribution in [2.75, 3.05) is 12.4 Å². The third-order valence-corrected chi connectivity index (χ3v) is 6.70. The lowest BCUT2D eigenvalue weighted by atomic mass is 10.1. The van der Waals surface area contributed by atoms with Crippen molar-refractivity contribution in [3.8, 4) is 5.69 Å². The van der Waals surface area contributed by atoms with Crippen LogP contribution in [0.5, 0.6) is 0 Å². The van der Waals surface area contributed by atoms with Crippen LogP contribution in [0.1, 0.15) is 34.9 Å². The number of aryl methyl sites for hydroxylation is 4. The molecule has 0 atom stereocenters. The highest BCUT2D eigenvalue weighted by molar-refractivity contribution is 7.99. The van der Waals surface area contributed by atoms with Gasteiger partial charge in [0.25, 0.3) is 5.56 Å². The second-order valence-corrected chi connectivity index (χ2v) is 8.66. The Kier molecular flexibility index (Phi) is 5.85. The van der Waals surface area contributed by atoms with Crippen LogP contribution >= 0.6 is 23.1 Å². The highest BCUT2D eigenvalue weighted by Crippen LogP contribution is 2.31. The largest absolute Gasteiger partial charge is 0.396 e. The number of rotatable bonds is 6. The summed E-state index contributed by atoms with van der Waals surface area (Å²) in [6.07, 6.45) is 1.50. The molecule has 1 N–H and O–H groups in total. The van der Waals surface area contributed by atoms with E-state index in [9.17, 15) is 4.79 Å². The number of thiophene rings is 1. The molecule has 0 aliphatic carbocycles. The number of aliphatic hydroxyl groups is 1. The summed E-state index contributed by atoms with van der Waals surface area (Å²) in [7, 11) is 0. The fourth-order valence-corrected chi connectivity index (χ4v) is 5.13. The van der Waals surface area contributed by atoms with Gasteiger partial charge in [-0.3, -0.25) is 9.36 Å². The van der Waals surface area contributed by atoms with Gasteiger partial charge in [-0.25, -0.2) is 4.98 Å². The number of benzene rings is 1. The summed E-state index contributed by atoms with van der Waals surface area (Å²) in [6.45, 7) is 8.40. The van der Waals surface area contributed by atoms with E-state index in [-0.39, 0.29) is 12.2 Å².